The van der Waals surface area contributed by atoms with Gasteiger partial charge in [-0.15, -0.1) is 10.2 Å². The van der Waals surface area contributed by atoms with Crippen LogP contribution in [-0.4, -0.2) is 68.1 Å². The zero-order valence-corrected chi connectivity index (χ0v) is 12.2. The highest BCUT2D eigenvalue weighted by molar-refractivity contribution is 5.84. The molecule has 9 nitrogen and oxygen atoms in total. The van der Waals surface area contributed by atoms with Crippen molar-refractivity contribution in [2.75, 3.05) is 20.1 Å². The molecule has 1 aromatic rings. The second-order valence-corrected chi connectivity index (χ2v) is 5.58. The van der Waals surface area contributed by atoms with Crippen LogP contribution in [0.3, 0.4) is 0 Å². The van der Waals surface area contributed by atoms with Crippen molar-refractivity contribution in [3.05, 3.63) is 5.82 Å². The van der Waals surface area contributed by atoms with Crippen molar-refractivity contribution in [1.29, 1.82) is 0 Å². The van der Waals surface area contributed by atoms with Crippen LogP contribution in [0.25, 0.3) is 0 Å². The van der Waals surface area contributed by atoms with Gasteiger partial charge in [0.1, 0.15) is 0 Å². The summed E-state index contributed by atoms with van der Waals surface area (Å²) in [5.74, 6) is 0.566. The van der Waals surface area contributed by atoms with Crippen LogP contribution >= 0.6 is 0 Å². The van der Waals surface area contributed by atoms with Crippen molar-refractivity contribution in [1.82, 2.24) is 35.3 Å². The van der Waals surface area contributed by atoms with Crippen molar-refractivity contribution < 1.29 is 9.59 Å². The third-order valence-corrected chi connectivity index (χ3v) is 4.14. The van der Waals surface area contributed by atoms with Gasteiger partial charge in [-0.25, -0.2) is 4.79 Å². The lowest BCUT2D eigenvalue weighted by atomic mass is 9.92. The molecule has 2 aliphatic heterocycles. The lowest BCUT2D eigenvalue weighted by Crippen LogP contribution is -2.52. The van der Waals surface area contributed by atoms with Gasteiger partial charge in [0.15, 0.2) is 5.82 Å². The summed E-state index contributed by atoms with van der Waals surface area (Å²) in [6.07, 6.45) is 1.72. The minimum Gasteiger partial charge on any atom is -0.343 e. The van der Waals surface area contributed by atoms with Gasteiger partial charge in [-0.1, -0.05) is 0 Å². The first kappa shape index (κ1) is 13.8. The summed E-state index contributed by atoms with van der Waals surface area (Å²) in [5.41, 5.74) is 0. The molecule has 3 heterocycles. The van der Waals surface area contributed by atoms with E-state index < -0.39 is 0 Å². The first-order valence-corrected chi connectivity index (χ1v) is 7.08. The molecule has 0 aliphatic carbocycles. The molecular weight excluding hydrogens is 274 g/mol. The number of nitrogens with one attached hydrogen (secondary N) is 1. The van der Waals surface area contributed by atoms with Gasteiger partial charge in [0, 0.05) is 20.1 Å². The van der Waals surface area contributed by atoms with Gasteiger partial charge in [-0.3, -0.25) is 4.79 Å². The zero-order valence-electron chi connectivity index (χ0n) is 12.2. The SMILES string of the molecule is CN1C[C@@H]2[C@@H](CCCN2C(=O)NCc2nnn(C)n2)C1=O. The van der Waals surface area contributed by atoms with Crippen LogP contribution < -0.4 is 5.32 Å². The fourth-order valence-corrected chi connectivity index (χ4v) is 3.13. The van der Waals surface area contributed by atoms with Gasteiger partial charge in [0.25, 0.3) is 0 Å². The number of hydrogen-bond acceptors (Lipinski definition) is 5. The molecule has 0 spiro atoms. The number of fused-ring (bicyclic) bond motifs is 1. The van der Waals surface area contributed by atoms with Gasteiger partial charge in [-0.05, 0) is 18.1 Å². The average molecular weight is 293 g/mol. The fraction of sp³-hybridized carbons (Fsp3) is 0.750. The van der Waals surface area contributed by atoms with Gasteiger partial charge in [0.05, 0.1) is 25.6 Å². The predicted molar refractivity (Wildman–Crippen MR) is 71.9 cm³/mol. The number of hydrogen-bond donors (Lipinski definition) is 1. The molecule has 2 atom stereocenters. The largest absolute Gasteiger partial charge is 0.343 e. The van der Waals surface area contributed by atoms with E-state index in [9.17, 15) is 9.59 Å². The smallest absolute Gasteiger partial charge is 0.318 e. The van der Waals surface area contributed by atoms with Crippen molar-refractivity contribution in [2.24, 2.45) is 13.0 Å². The summed E-state index contributed by atoms with van der Waals surface area (Å²) in [6, 6.07) is -0.189. The number of amides is 3. The molecule has 2 aliphatic rings. The molecule has 21 heavy (non-hydrogen) atoms. The Kier molecular flexibility index (Phi) is 3.48. The standard InChI is InChI=1S/C12H19N7O2/c1-17-7-9-8(11(17)20)4-3-5-19(9)12(21)13-6-10-14-16-18(2)15-10/h8-9H,3-7H2,1-2H3,(H,13,21)/t8-,9-/m1/s1. The van der Waals surface area contributed by atoms with E-state index in [4.69, 9.17) is 0 Å². The monoisotopic (exact) mass is 293 g/mol. The van der Waals surface area contributed by atoms with Gasteiger partial charge in [-0.2, -0.15) is 4.80 Å². The highest BCUT2D eigenvalue weighted by Crippen LogP contribution is 2.30. The Morgan fingerprint density at radius 1 is 1.43 bits per heavy atom. The summed E-state index contributed by atoms with van der Waals surface area (Å²) in [5, 5.41) is 14.4. The third-order valence-electron chi connectivity index (χ3n) is 4.14. The Morgan fingerprint density at radius 3 is 2.95 bits per heavy atom. The Morgan fingerprint density at radius 2 is 2.24 bits per heavy atom. The molecule has 1 aromatic heterocycles. The van der Waals surface area contributed by atoms with Crippen LogP contribution in [-0.2, 0) is 18.4 Å². The maximum atomic E-state index is 12.3. The number of piperidine rings is 1. The first-order valence-electron chi connectivity index (χ1n) is 7.08. The quantitative estimate of drug-likeness (QED) is 0.752. The number of carbonyl (C=O) groups excluding carboxylic acids is 2. The normalized spacial score (nSPS) is 25.1. The van der Waals surface area contributed by atoms with Crippen molar-refractivity contribution in [2.45, 2.75) is 25.4 Å². The van der Waals surface area contributed by atoms with Crippen LogP contribution in [0.15, 0.2) is 0 Å². The summed E-state index contributed by atoms with van der Waals surface area (Å²) in [6.45, 7) is 1.53. The second-order valence-electron chi connectivity index (χ2n) is 5.58. The molecule has 9 heteroatoms. The van der Waals surface area contributed by atoms with Crippen molar-refractivity contribution in [3.8, 4) is 0 Å². The number of likely N-dealkylation sites (N-methyl/N-ethyl adjacent to an activating group) is 1. The maximum absolute atomic E-state index is 12.3. The van der Waals surface area contributed by atoms with E-state index in [2.05, 4.69) is 20.7 Å². The van der Waals surface area contributed by atoms with E-state index in [1.54, 1.807) is 23.9 Å². The molecule has 0 radical (unpaired) electrons. The number of urea groups is 1. The maximum Gasteiger partial charge on any atom is 0.318 e. The average Bonchev–Trinajstić information content (AvgIpc) is 3.01. The number of aryl methyl sites for hydroxylation is 1. The Bertz CT molecular complexity index is 558. The summed E-state index contributed by atoms with van der Waals surface area (Å²) < 4.78 is 0. The summed E-state index contributed by atoms with van der Waals surface area (Å²) in [4.78, 5) is 29.2. The Labute approximate surface area is 122 Å². The number of carbonyl (C=O) groups is 2. The molecule has 2 saturated heterocycles. The number of rotatable bonds is 2. The molecule has 2 fully saturated rings. The van der Waals surface area contributed by atoms with Crippen molar-refractivity contribution >= 4 is 11.9 Å². The van der Waals surface area contributed by atoms with Crippen LogP contribution in [0.1, 0.15) is 18.7 Å². The number of tetrazole rings is 1. The van der Waals surface area contributed by atoms with Crippen LogP contribution in [0.5, 0.6) is 0 Å². The van der Waals surface area contributed by atoms with Crippen LogP contribution in [0, 0.1) is 5.92 Å². The topological polar surface area (TPSA) is 96.2 Å². The molecule has 3 amide bonds. The van der Waals surface area contributed by atoms with E-state index in [1.165, 1.54) is 4.80 Å². The minimum absolute atomic E-state index is 0.0222. The lowest BCUT2D eigenvalue weighted by molar-refractivity contribution is -0.130. The van der Waals surface area contributed by atoms with E-state index in [1.807, 2.05) is 0 Å². The van der Waals surface area contributed by atoms with E-state index in [0.29, 0.717) is 18.9 Å². The first-order chi connectivity index (χ1) is 10.1. The Hall–Kier alpha value is -2.19. The highest BCUT2D eigenvalue weighted by Gasteiger charge is 2.45. The molecule has 1 N–H and O–H groups in total. The number of likely N-dealkylation sites (tertiary alicyclic amines) is 2. The molecule has 0 aromatic carbocycles. The molecule has 0 unspecified atom stereocenters. The molecule has 3 rings (SSSR count). The second kappa shape index (κ2) is 5.30. The predicted octanol–water partition coefficient (Wildman–Crippen LogP) is -1.03. The number of aromatic nitrogens is 4. The molecule has 0 saturated carbocycles. The van der Waals surface area contributed by atoms with Crippen LogP contribution in [0.2, 0.25) is 0 Å². The minimum atomic E-state index is -0.166. The summed E-state index contributed by atoms with van der Waals surface area (Å²) >= 11 is 0. The van der Waals surface area contributed by atoms with Gasteiger partial charge >= 0.3 is 6.03 Å². The third kappa shape index (κ3) is 2.55. The van der Waals surface area contributed by atoms with Crippen molar-refractivity contribution in [3.63, 3.8) is 0 Å². The summed E-state index contributed by atoms with van der Waals surface area (Å²) in [7, 11) is 3.47. The van der Waals surface area contributed by atoms with E-state index in [0.717, 1.165) is 12.8 Å². The fourth-order valence-electron chi connectivity index (χ4n) is 3.13. The van der Waals surface area contributed by atoms with E-state index in [-0.39, 0.29) is 30.4 Å². The molecular formula is C12H19N7O2. The molecule has 0 bridgehead atoms. The van der Waals surface area contributed by atoms with Crippen LogP contribution in [0.4, 0.5) is 4.79 Å². The van der Waals surface area contributed by atoms with Gasteiger partial charge < -0.3 is 15.1 Å². The zero-order chi connectivity index (χ0) is 15.0. The Balaban J connectivity index is 1.62. The number of nitrogens with zero attached hydrogens (tertiary/aromatic N) is 6. The lowest BCUT2D eigenvalue weighted by Gasteiger charge is -2.35. The van der Waals surface area contributed by atoms with E-state index >= 15 is 0 Å². The highest BCUT2D eigenvalue weighted by atomic mass is 16.2. The van der Waals surface area contributed by atoms with Gasteiger partial charge in [0.2, 0.25) is 5.91 Å². The molecule has 114 valence electrons.